The van der Waals surface area contributed by atoms with Crippen LogP contribution in [0.5, 0.6) is 0 Å². The number of thioether (sulfide) groups is 1. The van der Waals surface area contributed by atoms with Crippen LogP contribution in [0, 0.1) is 11.7 Å². The largest absolute Gasteiger partial charge is 0.352 e. The van der Waals surface area contributed by atoms with Gasteiger partial charge in [-0.25, -0.2) is 4.39 Å². The van der Waals surface area contributed by atoms with Crippen LogP contribution in [-0.4, -0.2) is 32.5 Å². The van der Waals surface area contributed by atoms with E-state index in [1.165, 1.54) is 23.9 Å². The Morgan fingerprint density at radius 2 is 2.17 bits per heavy atom. The van der Waals surface area contributed by atoms with Crippen molar-refractivity contribution < 1.29 is 9.18 Å². The van der Waals surface area contributed by atoms with Crippen molar-refractivity contribution in [1.82, 2.24) is 20.1 Å². The number of hydrogen-bond donors (Lipinski definition) is 1. The molecule has 5 nitrogen and oxygen atoms in total. The number of carbonyl (C=O) groups excluding carboxylic acids is 1. The molecule has 1 saturated carbocycles. The van der Waals surface area contributed by atoms with Crippen LogP contribution in [0.3, 0.4) is 0 Å². The lowest BCUT2D eigenvalue weighted by Gasteiger charge is -2.21. The third-order valence-electron chi connectivity index (χ3n) is 4.42. The van der Waals surface area contributed by atoms with Crippen LogP contribution in [0.25, 0.3) is 0 Å². The molecule has 1 aliphatic rings. The molecule has 0 saturated heterocycles. The minimum Gasteiger partial charge on any atom is -0.352 e. The Bertz CT molecular complexity index is 688. The zero-order valence-electron chi connectivity index (χ0n) is 13.6. The van der Waals surface area contributed by atoms with Crippen LogP contribution < -0.4 is 5.32 Å². The highest BCUT2D eigenvalue weighted by Gasteiger charge is 2.28. The van der Waals surface area contributed by atoms with Gasteiger partial charge in [-0.1, -0.05) is 30.3 Å². The van der Waals surface area contributed by atoms with Crippen molar-refractivity contribution in [2.24, 2.45) is 13.0 Å². The first kappa shape index (κ1) is 17.0. The molecule has 0 radical (unpaired) electrons. The van der Waals surface area contributed by atoms with Crippen molar-refractivity contribution in [1.29, 1.82) is 0 Å². The molecular weight excluding hydrogens is 327 g/mol. The number of amides is 1. The maximum Gasteiger partial charge on any atom is 0.230 e. The molecule has 3 rings (SSSR count). The van der Waals surface area contributed by atoms with E-state index in [0.29, 0.717) is 11.7 Å². The zero-order chi connectivity index (χ0) is 16.9. The van der Waals surface area contributed by atoms with E-state index in [1.54, 1.807) is 10.9 Å². The molecule has 0 aliphatic heterocycles. The van der Waals surface area contributed by atoms with E-state index in [9.17, 15) is 9.18 Å². The van der Waals surface area contributed by atoms with Gasteiger partial charge in [-0.05, 0) is 42.9 Å². The smallest absolute Gasteiger partial charge is 0.230 e. The molecule has 1 fully saturated rings. The molecule has 24 heavy (non-hydrogen) atoms. The molecule has 0 unspecified atom stereocenters. The molecule has 0 spiro atoms. The van der Waals surface area contributed by atoms with Crippen LogP contribution in [0.2, 0.25) is 0 Å². The van der Waals surface area contributed by atoms with Gasteiger partial charge in [-0.2, -0.15) is 0 Å². The third kappa shape index (κ3) is 4.35. The van der Waals surface area contributed by atoms with Crippen LogP contribution in [0.1, 0.15) is 24.8 Å². The maximum absolute atomic E-state index is 13.0. The van der Waals surface area contributed by atoms with Gasteiger partial charge < -0.3 is 9.88 Å². The quantitative estimate of drug-likeness (QED) is 0.815. The second kappa shape index (κ2) is 7.79. The van der Waals surface area contributed by atoms with Crippen LogP contribution in [0.4, 0.5) is 4.39 Å². The molecule has 1 aliphatic carbocycles. The molecule has 1 aromatic heterocycles. The van der Waals surface area contributed by atoms with Gasteiger partial charge in [0, 0.05) is 13.1 Å². The van der Waals surface area contributed by atoms with Gasteiger partial charge in [-0.3, -0.25) is 4.79 Å². The number of benzene rings is 1. The normalized spacial score (nSPS) is 20.2. The third-order valence-corrected chi connectivity index (χ3v) is 5.45. The van der Waals surface area contributed by atoms with Gasteiger partial charge in [0.15, 0.2) is 5.16 Å². The summed E-state index contributed by atoms with van der Waals surface area (Å²) >= 11 is 1.39. The van der Waals surface area contributed by atoms with Gasteiger partial charge in [0.05, 0.1) is 5.75 Å². The Balaban J connectivity index is 1.50. The van der Waals surface area contributed by atoms with Gasteiger partial charge in [0.1, 0.15) is 12.1 Å². The number of carbonyl (C=O) groups is 1. The number of hydrogen-bond acceptors (Lipinski definition) is 4. The first-order valence-electron chi connectivity index (χ1n) is 8.12. The first-order chi connectivity index (χ1) is 11.6. The van der Waals surface area contributed by atoms with E-state index >= 15 is 0 Å². The number of aryl methyl sites for hydroxylation is 1. The standard InChI is InChI=1S/C17H21FN4OS/c1-22-11-19-21-17(22)24-10-16(23)20-15-4-2-3-13(15)9-12-5-7-14(18)8-6-12/h5-8,11,13,15H,2-4,9-10H2,1H3,(H,20,23)/t13-,15-/m1/s1. The lowest BCUT2D eigenvalue weighted by molar-refractivity contribution is -0.119. The fourth-order valence-corrected chi connectivity index (χ4v) is 3.88. The van der Waals surface area contributed by atoms with E-state index in [2.05, 4.69) is 15.5 Å². The fourth-order valence-electron chi connectivity index (χ4n) is 3.18. The van der Waals surface area contributed by atoms with Crippen molar-refractivity contribution in [2.45, 2.75) is 36.9 Å². The summed E-state index contributed by atoms with van der Waals surface area (Å²) in [5, 5.41) is 11.7. The number of rotatable bonds is 6. The number of nitrogens with one attached hydrogen (secondary N) is 1. The molecular formula is C17H21FN4OS. The molecule has 1 heterocycles. The predicted molar refractivity (Wildman–Crippen MR) is 91.1 cm³/mol. The average molecular weight is 348 g/mol. The summed E-state index contributed by atoms with van der Waals surface area (Å²) in [6.45, 7) is 0. The summed E-state index contributed by atoms with van der Waals surface area (Å²) in [4.78, 5) is 12.2. The molecule has 0 bridgehead atoms. The van der Waals surface area contributed by atoms with Crippen molar-refractivity contribution in [3.8, 4) is 0 Å². The lowest BCUT2D eigenvalue weighted by atomic mass is 9.94. The van der Waals surface area contributed by atoms with E-state index in [0.717, 1.165) is 36.4 Å². The van der Waals surface area contributed by atoms with Crippen LogP contribution in [0.15, 0.2) is 35.7 Å². The SMILES string of the molecule is Cn1cnnc1SCC(=O)N[C@@H]1CCC[C@@H]1Cc1ccc(F)cc1. The summed E-state index contributed by atoms with van der Waals surface area (Å²) < 4.78 is 14.8. The highest BCUT2D eigenvalue weighted by Crippen LogP contribution is 2.29. The Morgan fingerprint density at radius 1 is 1.38 bits per heavy atom. The highest BCUT2D eigenvalue weighted by atomic mass is 32.2. The van der Waals surface area contributed by atoms with Crippen molar-refractivity contribution >= 4 is 17.7 Å². The van der Waals surface area contributed by atoms with Gasteiger partial charge in [0.2, 0.25) is 5.91 Å². The molecule has 2 atom stereocenters. The molecule has 7 heteroatoms. The molecule has 128 valence electrons. The summed E-state index contributed by atoms with van der Waals surface area (Å²) in [5.74, 6) is 0.570. The van der Waals surface area contributed by atoms with Crippen molar-refractivity contribution in [3.63, 3.8) is 0 Å². The van der Waals surface area contributed by atoms with Crippen molar-refractivity contribution in [3.05, 3.63) is 42.0 Å². The van der Waals surface area contributed by atoms with E-state index in [4.69, 9.17) is 0 Å². The first-order valence-corrected chi connectivity index (χ1v) is 9.11. The topological polar surface area (TPSA) is 59.8 Å². The van der Waals surface area contributed by atoms with Crippen molar-refractivity contribution in [2.75, 3.05) is 5.75 Å². The fraction of sp³-hybridized carbons (Fsp3) is 0.471. The summed E-state index contributed by atoms with van der Waals surface area (Å²) in [5.41, 5.74) is 1.12. The van der Waals surface area contributed by atoms with Gasteiger partial charge in [0.25, 0.3) is 0 Å². The minimum absolute atomic E-state index is 0.0269. The van der Waals surface area contributed by atoms with Gasteiger partial charge in [-0.15, -0.1) is 10.2 Å². The molecule has 1 amide bonds. The average Bonchev–Trinajstić information content (AvgIpc) is 3.17. The summed E-state index contributed by atoms with van der Waals surface area (Å²) in [7, 11) is 1.86. The number of halogens is 1. The second-order valence-electron chi connectivity index (χ2n) is 6.21. The van der Waals surface area contributed by atoms with E-state index < -0.39 is 0 Å². The Kier molecular flexibility index (Phi) is 5.50. The number of nitrogens with zero attached hydrogens (tertiary/aromatic N) is 3. The van der Waals surface area contributed by atoms with Crippen LogP contribution in [-0.2, 0) is 18.3 Å². The zero-order valence-corrected chi connectivity index (χ0v) is 14.4. The summed E-state index contributed by atoms with van der Waals surface area (Å²) in [6.07, 6.45) is 5.72. The maximum atomic E-state index is 13.0. The van der Waals surface area contributed by atoms with E-state index in [-0.39, 0.29) is 17.8 Å². The Labute approximate surface area is 145 Å². The lowest BCUT2D eigenvalue weighted by Crippen LogP contribution is -2.39. The highest BCUT2D eigenvalue weighted by molar-refractivity contribution is 7.99. The van der Waals surface area contributed by atoms with Crippen LogP contribution >= 0.6 is 11.8 Å². The molecule has 1 N–H and O–H groups in total. The molecule has 1 aromatic carbocycles. The second-order valence-corrected chi connectivity index (χ2v) is 7.15. The molecule has 2 aromatic rings. The van der Waals surface area contributed by atoms with E-state index in [1.807, 2.05) is 19.2 Å². The van der Waals surface area contributed by atoms with Gasteiger partial charge >= 0.3 is 0 Å². The predicted octanol–water partition coefficient (Wildman–Crippen LogP) is 2.57. The number of aromatic nitrogens is 3. The Morgan fingerprint density at radius 3 is 2.88 bits per heavy atom. The Hall–Kier alpha value is -1.89. The minimum atomic E-state index is -0.212. The monoisotopic (exact) mass is 348 g/mol. The summed E-state index contributed by atoms with van der Waals surface area (Å²) in [6, 6.07) is 6.85.